The summed E-state index contributed by atoms with van der Waals surface area (Å²) in [7, 11) is 0. The number of carbonyl (C=O) groups excluding carboxylic acids is 3. The van der Waals surface area contributed by atoms with Crippen LogP contribution in [0.3, 0.4) is 0 Å². The molecule has 0 saturated heterocycles. The van der Waals surface area contributed by atoms with Gasteiger partial charge in [0.15, 0.2) is 0 Å². The lowest BCUT2D eigenvalue weighted by Crippen LogP contribution is -2.42. The van der Waals surface area contributed by atoms with E-state index >= 15 is 0 Å². The molecule has 6 heteroatoms. The molecule has 0 aliphatic rings. The molecule has 0 heterocycles. The standard InChI is InChI=1S/C27H44N2O4/c1-26(2,3)23(30)17-10-11-18-24(31)29-22(16-12-13-19-28-27(4,5)6)25(32)33-20-21-14-8-7-9-15-21/h7-9,14-15,22,28H,10-13,16-20H2,1-6H3,(H,29,31). The Balaban J connectivity index is 2.52. The number of amides is 1. The van der Waals surface area contributed by atoms with Crippen LogP contribution in [0, 0.1) is 5.41 Å². The van der Waals surface area contributed by atoms with Crippen LogP contribution in [-0.4, -0.2) is 35.8 Å². The fourth-order valence-electron chi connectivity index (χ4n) is 3.23. The Morgan fingerprint density at radius 3 is 2.12 bits per heavy atom. The first-order valence-corrected chi connectivity index (χ1v) is 12.2. The lowest BCUT2D eigenvalue weighted by Gasteiger charge is -2.21. The highest BCUT2D eigenvalue weighted by molar-refractivity contribution is 5.85. The number of hydrogen-bond donors (Lipinski definition) is 2. The molecule has 0 saturated carbocycles. The van der Waals surface area contributed by atoms with Crippen LogP contribution in [-0.2, 0) is 25.7 Å². The van der Waals surface area contributed by atoms with Crippen molar-refractivity contribution in [3.63, 3.8) is 0 Å². The van der Waals surface area contributed by atoms with Crippen molar-refractivity contribution in [1.82, 2.24) is 10.6 Å². The summed E-state index contributed by atoms with van der Waals surface area (Å²) in [5, 5.41) is 6.29. The van der Waals surface area contributed by atoms with E-state index in [1.807, 2.05) is 51.1 Å². The molecule has 0 aliphatic carbocycles. The smallest absolute Gasteiger partial charge is 0.328 e. The lowest BCUT2D eigenvalue weighted by atomic mass is 9.88. The van der Waals surface area contributed by atoms with Crippen molar-refractivity contribution in [3.05, 3.63) is 35.9 Å². The van der Waals surface area contributed by atoms with Gasteiger partial charge in [0, 0.05) is 23.8 Å². The van der Waals surface area contributed by atoms with Crippen molar-refractivity contribution in [2.45, 2.75) is 105 Å². The highest BCUT2D eigenvalue weighted by Crippen LogP contribution is 2.18. The summed E-state index contributed by atoms with van der Waals surface area (Å²) in [6.45, 7) is 13.1. The largest absolute Gasteiger partial charge is 0.459 e. The number of nitrogens with one attached hydrogen (secondary N) is 2. The number of Topliss-reactive ketones (excluding diaryl/α,β-unsaturated/α-hetero) is 1. The van der Waals surface area contributed by atoms with E-state index in [1.54, 1.807) is 0 Å². The second kappa shape index (κ2) is 14.1. The van der Waals surface area contributed by atoms with Gasteiger partial charge in [-0.05, 0) is 65.0 Å². The van der Waals surface area contributed by atoms with Crippen LogP contribution in [0.15, 0.2) is 30.3 Å². The summed E-state index contributed by atoms with van der Waals surface area (Å²) in [5.74, 6) is -0.374. The molecule has 0 radical (unpaired) electrons. The zero-order valence-electron chi connectivity index (χ0n) is 21.5. The zero-order chi connectivity index (χ0) is 24.9. The van der Waals surface area contributed by atoms with E-state index in [4.69, 9.17) is 4.74 Å². The number of ether oxygens (including phenoxy) is 1. The molecule has 1 aromatic carbocycles. The monoisotopic (exact) mass is 460 g/mol. The van der Waals surface area contributed by atoms with Gasteiger partial charge in [-0.2, -0.15) is 0 Å². The molecule has 1 amide bonds. The summed E-state index contributed by atoms with van der Waals surface area (Å²) in [6.07, 6.45) is 4.30. The van der Waals surface area contributed by atoms with Crippen molar-refractivity contribution in [2.75, 3.05) is 6.54 Å². The molecule has 1 aromatic rings. The van der Waals surface area contributed by atoms with Gasteiger partial charge in [-0.15, -0.1) is 0 Å². The third-order valence-corrected chi connectivity index (χ3v) is 5.31. The number of esters is 1. The fourth-order valence-corrected chi connectivity index (χ4v) is 3.23. The normalized spacial score (nSPS) is 12.8. The number of benzene rings is 1. The van der Waals surface area contributed by atoms with Gasteiger partial charge in [-0.1, -0.05) is 51.1 Å². The van der Waals surface area contributed by atoms with Crippen LogP contribution in [0.5, 0.6) is 0 Å². The summed E-state index contributed by atoms with van der Waals surface area (Å²) < 4.78 is 5.48. The molecule has 1 rings (SSSR count). The summed E-state index contributed by atoms with van der Waals surface area (Å²) in [4.78, 5) is 37.2. The number of ketones is 1. The SMILES string of the molecule is CC(C)(C)NCCCCC(NC(=O)CCCCC(=O)C(C)(C)C)C(=O)OCc1ccccc1. The first-order chi connectivity index (χ1) is 15.4. The Morgan fingerprint density at radius 2 is 1.52 bits per heavy atom. The molecule has 0 fully saturated rings. The summed E-state index contributed by atoms with van der Waals surface area (Å²) >= 11 is 0. The average molecular weight is 461 g/mol. The fraction of sp³-hybridized carbons (Fsp3) is 0.667. The van der Waals surface area contributed by atoms with E-state index in [1.165, 1.54) is 0 Å². The number of rotatable bonds is 14. The number of carbonyl (C=O) groups is 3. The topological polar surface area (TPSA) is 84.5 Å². The van der Waals surface area contributed by atoms with E-state index in [-0.39, 0.29) is 29.3 Å². The van der Waals surface area contributed by atoms with Crippen LogP contribution in [0.1, 0.15) is 92.1 Å². The molecular weight excluding hydrogens is 416 g/mol. The van der Waals surface area contributed by atoms with Gasteiger partial charge in [0.25, 0.3) is 0 Å². The zero-order valence-corrected chi connectivity index (χ0v) is 21.5. The van der Waals surface area contributed by atoms with Crippen LogP contribution in [0.25, 0.3) is 0 Å². The van der Waals surface area contributed by atoms with Gasteiger partial charge in [0.1, 0.15) is 18.4 Å². The van der Waals surface area contributed by atoms with E-state index in [9.17, 15) is 14.4 Å². The molecule has 0 bridgehead atoms. The maximum atomic E-state index is 12.7. The van der Waals surface area contributed by atoms with E-state index in [0.29, 0.717) is 32.1 Å². The van der Waals surface area contributed by atoms with Gasteiger partial charge >= 0.3 is 5.97 Å². The number of unbranched alkanes of at least 4 members (excludes halogenated alkanes) is 2. The third kappa shape index (κ3) is 13.8. The maximum Gasteiger partial charge on any atom is 0.328 e. The number of hydrogen-bond acceptors (Lipinski definition) is 5. The minimum Gasteiger partial charge on any atom is -0.459 e. The van der Waals surface area contributed by atoms with Crippen LogP contribution in [0.2, 0.25) is 0 Å². The van der Waals surface area contributed by atoms with E-state index in [2.05, 4.69) is 31.4 Å². The predicted octanol–water partition coefficient (Wildman–Crippen LogP) is 4.95. The van der Waals surface area contributed by atoms with Crippen LogP contribution >= 0.6 is 0 Å². The molecule has 2 N–H and O–H groups in total. The van der Waals surface area contributed by atoms with Crippen molar-refractivity contribution >= 4 is 17.7 Å². The van der Waals surface area contributed by atoms with Crippen molar-refractivity contribution in [3.8, 4) is 0 Å². The van der Waals surface area contributed by atoms with Crippen molar-refractivity contribution in [2.24, 2.45) is 5.41 Å². The van der Waals surface area contributed by atoms with Gasteiger partial charge in [-0.25, -0.2) is 4.79 Å². The summed E-state index contributed by atoms with van der Waals surface area (Å²) in [6, 6.07) is 8.85. The second-order valence-electron chi connectivity index (χ2n) is 10.8. The second-order valence-corrected chi connectivity index (χ2v) is 10.8. The molecule has 186 valence electrons. The van der Waals surface area contributed by atoms with Crippen LogP contribution < -0.4 is 10.6 Å². The van der Waals surface area contributed by atoms with Gasteiger partial charge in [0.05, 0.1) is 0 Å². The minimum atomic E-state index is -0.660. The lowest BCUT2D eigenvalue weighted by molar-refractivity contribution is -0.149. The molecule has 1 atom stereocenters. The molecule has 0 aliphatic heterocycles. The predicted molar refractivity (Wildman–Crippen MR) is 133 cm³/mol. The highest BCUT2D eigenvalue weighted by atomic mass is 16.5. The summed E-state index contributed by atoms with van der Waals surface area (Å²) in [5.41, 5.74) is 0.614. The minimum absolute atomic E-state index is 0.0522. The first-order valence-electron chi connectivity index (χ1n) is 12.2. The molecule has 6 nitrogen and oxygen atoms in total. The Bertz CT molecular complexity index is 733. The Morgan fingerprint density at radius 1 is 0.879 bits per heavy atom. The molecule has 1 unspecified atom stereocenters. The van der Waals surface area contributed by atoms with Crippen molar-refractivity contribution in [1.29, 1.82) is 0 Å². The molecule has 0 aromatic heterocycles. The Hall–Kier alpha value is -2.21. The molecular formula is C27H44N2O4. The highest BCUT2D eigenvalue weighted by Gasteiger charge is 2.23. The first kappa shape index (κ1) is 28.8. The van der Waals surface area contributed by atoms with Crippen molar-refractivity contribution < 1.29 is 19.1 Å². The quantitative estimate of drug-likeness (QED) is 0.303. The van der Waals surface area contributed by atoms with E-state index in [0.717, 1.165) is 24.9 Å². The Labute approximate surface area is 200 Å². The Kier molecular flexibility index (Phi) is 12.3. The van der Waals surface area contributed by atoms with Gasteiger partial charge in [-0.3, -0.25) is 9.59 Å². The van der Waals surface area contributed by atoms with Crippen LogP contribution in [0.4, 0.5) is 0 Å². The molecule has 0 spiro atoms. The van der Waals surface area contributed by atoms with Gasteiger partial charge in [0.2, 0.25) is 5.91 Å². The van der Waals surface area contributed by atoms with Gasteiger partial charge < -0.3 is 15.4 Å². The molecule has 33 heavy (non-hydrogen) atoms. The maximum absolute atomic E-state index is 12.7. The van der Waals surface area contributed by atoms with E-state index < -0.39 is 12.0 Å². The average Bonchev–Trinajstić information content (AvgIpc) is 2.73. The third-order valence-electron chi connectivity index (χ3n) is 5.31.